The predicted octanol–water partition coefficient (Wildman–Crippen LogP) is 0.404. The van der Waals surface area contributed by atoms with Gasteiger partial charge < -0.3 is 9.64 Å². The van der Waals surface area contributed by atoms with Gasteiger partial charge in [-0.25, -0.2) is 0 Å². The van der Waals surface area contributed by atoms with Crippen LogP contribution in [0.3, 0.4) is 0 Å². The van der Waals surface area contributed by atoms with Crippen LogP contribution < -0.4 is 0 Å². The Morgan fingerprint density at radius 3 is 2.50 bits per heavy atom. The van der Waals surface area contributed by atoms with Crippen molar-refractivity contribution in [2.45, 2.75) is 38.3 Å². The molecule has 0 aromatic carbocycles. The summed E-state index contributed by atoms with van der Waals surface area (Å²) in [6, 6.07) is 0.620. The molecule has 0 radical (unpaired) electrons. The van der Waals surface area contributed by atoms with Crippen LogP contribution in [0.25, 0.3) is 0 Å². The summed E-state index contributed by atoms with van der Waals surface area (Å²) in [7, 11) is 0. The maximum Gasteiger partial charge on any atom is 0.239 e. The van der Waals surface area contributed by atoms with Gasteiger partial charge in [-0.2, -0.15) is 0 Å². The van der Waals surface area contributed by atoms with E-state index in [2.05, 4.69) is 21.6 Å². The lowest BCUT2D eigenvalue weighted by molar-refractivity contribution is -0.137. The van der Waals surface area contributed by atoms with Crippen LogP contribution in [0.5, 0.6) is 0 Å². The number of hydrogen-bond donors (Lipinski definition) is 0. The number of amides is 1. The number of rotatable bonds is 3. The van der Waals surface area contributed by atoms with Gasteiger partial charge in [0.2, 0.25) is 5.91 Å². The van der Waals surface area contributed by atoms with Gasteiger partial charge in [-0.3, -0.25) is 14.6 Å². The minimum Gasteiger partial charge on any atom is -0.379 e. The molecule has 5 heteroatoms. The van der Waals surface area contributed by atoms with Gasteiger partial charge in [-0.15, -0.1) is 0 Å². The summed E-state index contributed by atoms with van der Waals surface area (Å²) in [6.45, 7) is 9.67. The van der Waals surface area contributed by atoms with Crippen LogP contribution in [0.15, 0.2) is 0 Å². The highest BCUT2D eigenvalue weighted by Crippen LogP contribution is 2.21. The van der Waals surface area contributed by atoms with Gasteiger partial charge >= 0.3 is 0 Å². The Kier molecular flexibility index (Phi) is 4.58. The van der Waals surface area contributed by atoms with Gasteiger partial charge in [0.05, 0.1) is 19.3 Å². The topological polar surface area (TPSA) is 36.0 Å². The first-order valence-electron chi connectivity index (χ1n) is 8.10. The van der Waals surface area contributed by atoms with E-state index < -0.39 is 0 Å². The molecule has 2 unspecified atom stereocenters. The van der Waals surface area contributed by atoms with E-state index in [0.29, 0.717) is 11.9 Å². The van der Waals surface area contributed by atoms with E-state index in [1.165, 1.54) is 25.9 Å². The molecule has 114 valence electrons. The Balaban J connectivity index is 1.52. The minimum atomic E-state index is 0.0104. The van der Waals surface area contributed by atoms with Crippen molar-refractivity contribution in [3.05, 3.63) is 0 Å². The molecule has 0 aromatic rings. The SMILES string of the molecule is CC(C(=O)N1CCC(N2CCCC2)C1)N1CCOCC1. The third-order valence-electron chi connectivity index (χ3n) is 5.08. The summed E-state index contributed by atoms with van der Waals surface area (Å²) in [6.07, 6.45) is 3.81. The van der Waals surface area contributed by atoms with Gasteiger partial charge in [0.25, 0.3) is 0 Å². The highest BCUT2D eigenvalue weighted by molar-refractivity contribution is 5.81. The molecule has 2 atom stereocenters. The minimum absolute atomic E-state index is 0.0104. The predicted molar refractivity (Wildman–Crippen MR) is 77.6 cm³/mol. The van der Waals surface area contributed by atoms with Gasteiger partial charge in [0.15, 0.2) is 0 Å². The van der Waals surface area contributed by atoms with E-state index >= 15 is 0 Å². The highest BCUT2D eigenvalue weighted by Gasteiger charge is 2.34. The second-order valence-corrected chi connectivity index (χ2v) is 6.29. The molecule has 20 heavy (non-hydrogen) atoms. The Bertz CT molecular complexity index is 338. The number of carbonyl (C=O) groups is 1. The van der Waals surface area contributed by atoms with Gasteiger partial charge in [-0.1, -0.05) is 0 Å². The molecule has 0 aliphatic carbocycles. The van der Waals surface area contributed by atoms with E-state index in [0.717, 1.165) is 45.8 Å². The van der Waals surface area contributed by atoms with Crippen molar-refractivity contribution < 1.29 is 9.53 Å². The van der Waals surface area contributed by atoms with Crippen molar-refractivity contribution in [1.82, 2.24) is 14.7 Å². The molecule has 0 saturated carbocycles. The quantitative estimate of drug-likeness (QED) is 0.750. The molecule has 0 aromatic heterocycles. The zero-order valence-electron chi connectivity index (χ0n) is 12.6. The smallest absolute Gasteiger partial charge is 0.239 e. The van der Waals surface area contributed by atoms with E-state index in [-0.39, 0.29) is 6.04 Å². The van der Waals surface area contributed by atoms with Crippen LogP contribution in [-0.2, 0) is 9.53 Å². The molecular formula is C15H27N3O2. The third-order valence-corrected chi connectivity index (χ3v) is 5.08. The fourth-order valence-corrected chi connectivity index (χ4v) is 3.73. The molecule has 3 aliphatic rings. The lowest BCUT2D eigenvalue weighted by Gasteiger charge is -2.33. The van der Waals surface area contributed by atoms with Crippen LogP contribution in [0.2, 0.25) is 0 Å². The van der Waals surface area contributed by atoms with Crippen LogP contribution in [-0.4, -0.2) is 85.2 Å². The fourth-order valence-electron chi connectivity index (χ4n) is 3.73. The number of hydrogen-bond acceptors (Lipinski definition) is 4. The Hall–Kier alpha value is -0.650. The first kappa shape index (κ1) is 14.3. The van der Waals surface area contributed by atoms with E-state index in [1.54, 1.807) is 0 Å². The highest BCUT2D eigenvalue weighted by atomic mass is 16.5. The summed E-state index contributed by atoms with van der Waals surface area (Å²) in [5.41, 5.74) is 0. The summed E-state index contributed by atoms with van der Waals surface area (Å²) >= 11 is 0. The average Bonchev–Trinajstić information content (AvgIpc) is 3.17. The summed E-state index contributed by atoms with van der Waals surface area (Å²) in [5, 5.41) is 0. The number of nitrogens with zero attached hydrogens (tertiary/aromatic N) is 3. The summed E-state index contributed by atoms with van der Waals surface area (Å²) in [5.74, 6) is 0.314. The van der Waals surface area contributed by atoms with Crippen molar-refractivity contribution in [2.75, 3.05) is 52.5 Å². The van der Waals surface area contributed by atoms with Crippen molar-refractivity contribution in [1.29, 1.82) is 0 Å². The third kappa shape index (κ3) is 3.00. The van der Waals surface area contributed by atoms with Crippen LogP contribution in [0.4, 0.5) is 0 Å². The van der Waals surface area contributed by atoms with E-state index in [1.807, 2.05) is 0 Å². The van der Waals surface area contributed by atoms with Crippen LogP contribution >= 0.6 is 0 Å². The number of morpholine rings is 1. The monoisotopic (exact) mass is 281 g/mol. The molecule has 5 nitrogen and oxygen atoms in total. The zero-order valence-corrected chi connectivity index (χ0v) is 12.6. The second kappa shape index (κ2) is 6.41. The maximum atomic E-state index is 12.6. The molecule has 3 fully saturated rings. The largest absolute Gasteiger partial charge is 0.379 e. The average molecular weight is 281 g/mol. The van der Waals surface area contributed by atoms with Gasteiger partial charge in [-0.05, 0) is 39.3 Å². The van der Waals surface area contributed by atoms with Gasteiger partial charge in [0, 0.05) is 32.2 Å². The van der Waals surface area contributed by atoms with Crippen LogP contribution in [0.1, 0.15) is 26.2 Å². The first-order valence-corrected chi connectivity index (χ1v) is 8.10. The van der Waals surface area contributed by atoms with E-state index in [9.17, 15) is 4.79 Å². The van der Waals surface area contributed by atoms with Crippen molar-refractivity contribution >= 4 is 5.91 Å². The molecule has 3 heterocycles. The lowest BCUT2D eigenvalue weighted by Crippen LogP contribution is -2.50. The molecule has 3 aliphatic heterocycles. The Morgan fingerprint density at radius 2 is 1.80 bits per heavy atom. The van der Waals surface area contributed by atoms with E-state index in [4.69, 9.17) is 4.74 Å². The molecule has 0 spiro atoms. The zero-order chi connectivity index (χ0) is 13.9. The van der Waals surface area contributed by atoms with Crippen molar-refractivity contribution in [3.63, 3.8) is 0 Å². The molecule has 0 N–H and O–H groups in total. The van der Waals surface area contributed by atoms with Crippen LogP contribution in [0, 0.1) is 0 Å². The summed E-state index contributed by atoms with van der Waals surface area (Å²) in [4.78, 5) is 19.6. The maximum absolute atomic E-state index is 12.6. The lowest BCUT2D eigenvalue weighted by atomic mass is 10.2. The van der Waals surface area contributed by atoms with Crippen molar-refractivity contribution in [3.8, 4) is 0 Å². The first-order chi connectivity index (χ1) is 9.75. The second-order valence-electron chi connectivity index (χ2n) is 6.29. The van der Waals surface area contributed by atoms with Gasteiger partial charge in [0.1, 0.15) is 0 Å². The Labute approximate surface area is 121 Å². The molecule has 3 rings (SSSR count). The number of ether oxygens (including phenoxy) is 1. The molecule has 0 bridgehead atoms. The molecular weight excluding hydrogens is 254 g/mol. The Morgan fingerprint density at radius 1 is 1.10 bits per heavy atom. The normalized spacial score (nSPS) is 30.9. The number of likely N-dealkylation sites (tertiary alicyclic amines) is 2. The fraction of sp³-hybridized carbons (Fsp3) is 0.933. The van der Waals surface area contributed by atoms with Crippen molar-refractivity contribution in [2.24, 2.45) is 0 Å². The molecule has 1 amide bonds. The summed E-state index contributed by atoms with van der Waals surface area (Å²) < 4.78 is 5.37. The molecule has 3 saturated heterocycles. The standard InChI is InChI=1S/C15H27N3O2/c1-13(16-8-10-20-11-9-16)15(19)18-7-4-14(12-18)17-5-2-3-6-17/h13-14H,2-12H2,1H3. The number of carbonyl (C=O) groups excluding carboxylic acids is 1.